The molecule has 0 aliphatic carbocycles. The van der Waals surface area contributed by atoms with Crippen molar-refractivity contribution in [1.82, 2.24) is 0 Å². The second-order valence-corrected chi connectivity index (χ2v) is 10.7. The van der Waals surface area contributed by atoms with E-state index in [-0.39, 0.29) is 16.7 Å². The van der Waals surface area contributed by atoms with Gasteiger partial charge in [-0.25, -0.2) is 0 Å². The highest BCUT2D eigenvalue weighted by Crippen LogP contribution is 2.33. The Morgan fingerprint density at radius 3 is 1.43 bits per heavy atom. The van der Waals surface area contributed by atoms with Gasteiger partial charge in [0.15, 0.2) is 0 Å². The normalized spacial score (nSPS) is 12.3. The molecule has 0 bridgehead atoms. The molecule has 1 aliphatic rings. The zero-order valence-corrected chi connectivity index (χ0v) is 27.4. The minimum absolute atomic E-state index is 0.135. The topological polar surface area (TPSA) is 87.1 Å². The Kier molecular flexibility index (Phi) is 12.2. The van der Waals surface area contributed by atoms with Gasteiger partial charge in [-0.15, -0.1) is 0 Å². The summed E-state index contributed by atoms with van der Waals surface area (Å²) in [5.74, 6) is 1.03. The first-order valence-electron chi connectivity index (χ1n) is 15.9. The zero-order valence-electron chi connectivity index (χ0n) is 27.4. The average Bonchev–Trinajstić information content (AvgIpc) is 3.12. The van der Waals surface area contributed by atoms with E-state index in [2.05, 4.69) is 92.1 Å². The van der Waals surface area contributed by atoms with Crippen LogP contribution in [0.3, 0.4) is 0 Å². The third-order valence-corrected chi connectivity index (χ3v) is 7.94. The molecular formula is C41H39N5O. The van der Waals surface area contributed by atoms with Gasteiger partial charge in [0.05, 0.1) is 5.57 Å². The average molecular weight is 618 g/mol. The van der Waals surface area contributed by atoms with Crippen molar-refractivity contribution in [3.8, 4) is 18.2 Å². The Balaban J connectivity index is 1.78. The predicted octanol–water partition coefficient (Wildman–Crippen LogP) is 9.22. The molecule has 0 saturated carbocycles. The molecule has 0 saturated heterocycles. The molecule has 0 N–H and O–H groups in total. The third-order valence-electron chi connectivity index (χ3n) is 7.94. The van der Waals surface area contributed by atoms with Crippen LogP contribution in [0.4, 0.5) is 11.4 Å². The molecule has 4 rings (SSSR count). The van der Waals surface area contributed by atoms with Crippen molar-refractivity contribution in [2.24, 2.45) is 0 Å². The van der Waals surface area contributed by atoms with E-state index >= 15 is 0 Å². The van der Waals surface area contributed by atoms with E-state index in [9.17, 15) is 15.8 Å². The van der Waals surface area contributed by atoms with Gasteiger partial charge >= 0.3 is 0 Å². The predicted molar refractivity (Wildman–Crippen MR) is 193 cm³/mol. The molecule has 0 unspecified atom stereocenters. The third kappa shape index (κ3) is 8.58. The largest absolute Gasteiger partial charge is 0.457 e. The number of nitriles is 3. The summed E-state index contributed by atoms with van der Waals surface area (Å²) in [6.45, 7) is 12.3. The molecule has 234 valence electrons. The van der Waals surface area contributed by atoms with Crippen LogP contribution in [0, 0.1) is 34.0 Å². The monoisotopic (exact) mass is 617 g/mol. The van der Waals surface area contributed by atoms with Crippen LogP contribution in [-0.2, 0) is 4.74 Å². The van der Waals surface area contributed by atoms with Gasteiger partial charge in [-0.3, -0.25) is 0 Å². The van der Waals surface area contributed by atoms with Crippen LogP contribution in [0.15, 0.2) is 131 Å². The number of hydrogen-bond acceptors (Lipinski definition) is 6. The molecule has 3 aromatic carbocycles. The van der Waals surface area contributed by atoms with E-state index in [1.165, 1.54) is 0 Å². The number of benzene rings is 3. The zero-order chi connectivity index (χ0) is 33.6. The summed E-state index contributed by atoms with van der Waals surface area (Å²) in [6, 6.07) is 32.0. The first-order valence-corrected chi connectivity index (χ1v) is 15.9. The molecule has 1 aliphatic heterocycles. The van der Waals surface area contributed by atoms with Crippen molar-refractivity contribution >= 4 is 29.1 Å². The van der Waals surface area contributed by atoms with E-state index in [0.29, 0.717) is 22.7 Å². The van der Waals surface area contributed by atoms with Gasteiger partial charge in [0.1, 0.15) is 35.3 Å². The van der Waals surface area contributed by atoms with Gasteiger partial charge in [-0.2, -0.15) is 15.8 Å². The van der Waals surface area contributed by atoms with Gasteiger partial charge in [0.25, 0.3) is 0 Å². The van der Waals surface area contributed by atoms with E-state index in [1.54, 1.807) is 24.3 Å². The lowest BCUT2D eigenvalue weighted by Crippen LogP contribution is -2.21. The summed E-state index contributed by atoms with van der Waals surface area (Å²) in [5.41, 5.74) is 5.83. The second kappa shape index (κ2) is 16.9. The number of anilines is 2. The summed E-state index contributed by atoms with van der Waals surface area (Å²) in [6.07, 6.45) is 11.2. The summed E-state index contributed by atoms with van der Waals surface area (Å²) in [4.78, 5) is 4.58. The van der Waals surface area contributed by atoms with Crippen LogP contribution in [-0.4, -0.2) is 26.2 Å². The van der Waals surface area contributed by atoms with E-state index in [1.807, 2.05) is 54.6 Å². The van der Waals surface area contributed by atoms with Crippen LogP contribution < -0.4 is 9.80 Å². The minimum atomic E-state index is -0.135. The van der Waals surface area contributed by atoms with E-state index in [4.69, 9.17) is 4.74 Å². The van der Waals surface area contributed by atoms with Gasteiger partial charge < -0.3 is 14.5 Å². The van der Waals surface area contributed by atoms with Crippen molar-refractivity contribution in [2.75, 3.05) is 36.0 Å². The molecule has 0 radical (unpaired) electrons. The van der Waals surface area contributed by atoms with Gasteiger partial charge in [0, 0.05) is 48.7 Å². The summed E-state index contributed by atoms with van der Waals surface area (Å²) < 4.78 is 6.29. The Labute approximate surface area is 279 Å². The fraction of sp³-hybridized carbons (Fsp3) is 0.195. The lowest BCUT2D eigenvalue weighted by atomic mass is 9.90. The molecule has 1 heterocycles. The lowest BCUT2D eigenvalue weighted by Gasteiger charge is -2.21. The number of hydrogen-bond donors (Lipinski definition) is 0. The Bertz CT molecular complexity index is 1750. The smallest absolute Gasteiger partial charge is 0.138 e. The minimum Gasteiger partial charge on any atom is -0.457 e. The maximum absolute atomic E-state index is 10.5. The summed E-state index contributed by atoms with van der Waals surface area (Å²) in [7, 11) is 0. The molecule has 6 heteroatoms. The Morgan fingerprint density at radius 1 is 0.596 bits per heavy atom. The molecule has 0 spiro atoms. The second-order valence-electron chi connectivity index (χ2n) is 10.7. The fourth-order valence-electron chi connectivity index (χ4n) is 5.40. The van der Waals surface area contributed by atoms with Gasteiger partial charge in [0.2, 0.25) is 0 Å². The summed E-state index contributed by atoms with van der Waals surface area (Å²) >= 11 is 0. The molecule has 0 aromatic heterocycles. The molecule has 6 nitrogen and oxygen atoms in total. The van der Waals surface area contributed by atoms with Crippen molar-refractivity contribution < 1.29 is 4.74 Å². The number of nitrogens with zero attached hydrogens (tertiary/aromatic N) is 5. The van der Waals surface area contributed by atoms with Crippen molar-refractivity contribution in [3.05, 3.63) is 148 Å². The first-order chi connectivity index (χ1) is 23.0. The Morgan fingerprint density at radius 2 is 1.04 bits per heavy atom. The van der Waals surface area contributed by atoms with Crippen LogP contribution in [0.1, 0.15) is 44.4 Å². The molecular weight excluding hydrogens is 578 g/mol. The highest BCUT2D eigenvalue weighted by molar-refractivity contribution is 5.91. The number of allylic oxidation sites excluding steroid dienone is 8. The highest BCUT2D eigenvalue weighted by atomic mass is 16.5. The number of ether oxygens (including phenoxy) is 1. The molecule has 47 heavy (non-hydrogen) atoms. The maximum Gasteiger partial charge on any atom is 0.138 e. The van der Waals surface area contributed by atoms with Crippen molar-refractivity contribution in [2.45, 2.75) is 27.7 Å². The van der Waals surface area contributed by atoms with Gasteiger partial charge in [-0.05, 0) is 93.0 Å². The van der Waals surface area contributed by atoms with E-state index < -0.39 is 0 Å². The van der Waals surface area contributed by atoms with Crippen LogP contribution >= 0.6 is 0 Å². The fourth-order valence-corrected chi connectivity index (χ4v) is 5.40. The number of rotatable bonds is 12. The van der Waals surface area contributed by atoms with Crippen LogP contribution in [0.25, 0.3) is 17.7 Å². The van der Waals surface area contributed by atoms with Crippen molar-refractivity contribution in [1.29, 1.82) is 15.8 Å². The first kappa shape index (κ1) is 33.9. The lowest BCUT2D eigenvalue weighted by molar-refractivity contribution is 0.332. The molecule has 0 fully saturated rings. The van der Waals surface area contributed by atoms with Crippen LogP contribution in [0.5, 0.6) is 0 Å². The SMILES string of the molecule is CCN(CC)c1ccc(/C=C/C2=CC(=C(C#N)C(=C(C#N)C#N)c3ccccc3)C=C(/C=C/c3ccc(N(CC)CC)cc3)O2)cc1. The summed E-state index contributed by atoms with van der Waals surface area (Å²) in [5, 5.41) is 30.2. The van der Waals surface area contributed by atoms with Gasteiger partial charge in [-0.1, -0.05) is 66.7 Å². The van der Waals surface area contributed by atoms with E-state index in [0.717, 1.165) is 48.7 Å². The molecule has 0 amide bonds. The van der Waals surface area contributed by atoms with Crippen molar-refractivity contribution in [3.63, 3.8) is 0 Å². The standard InChI is InChI=1S/C41H39N5O/c1-5-45(6-2)36-20-14-31(15-21-36)18-24-38-26-34(40(30-44)41(35(28-42)29-43)33-12-10-9-11-13-33)27-39(47-38)25-19-32-16-22-37(23-17-32)46(7-3)8-4/h9-27H,5-8H2,1-4H3/b24-18+,25-19+. The maximum atomic E-state index is 10.5. The van der Waals surface area contributed by atoms with Crippen LogP contribution in [0.2, 0.25) is 0 Å². The quantitative estimate of drug-likeness (QED) is 0.188. The molecule has 0 atom stereocenters. The molecule has 3 aromatic rings. The Hall–Kier alpha value is -6.03. The highest BCUT2D eigenvalue weighted by Gasteiger charge is 2.20.